The average molecular weight is 459 g/mol. The number of amides is 1. The SMILES string of the molecule is Cc1nn(CC(=O)NCCCN2CCN(c3cccc(Cl)c3)CC2)c(=O)c2noc(C)c12. The zero-order valence-electron chi connectivity index (χ0n) is 18.3. The van der Waals surface area contributed by atoms with Crippen molar-refractivity contribution in [3.63, 3.8) is 0 Å². The van der Waals surface area contributed by atoms with Crippen LogP contribution in [0.1, 0.15) is 17.9 Å². The van der Waals surface area contributed by atoms with Gasteiger partial charge in [0, 0.05) is 43.4 Å². The van der Waals surface area contributed by atoms with Crippen LogP contribution in [0.25, 0.3) is 10.9 Å². The number of fused-ring (bicyclic) bond motifs is 1. The van der Waals surface area contributed by atoms with E-state index in [0.29, 0.717) is 23.4 Å². The minimum atomic E-state index is -0.421. The summed E-state index contributed by atoms with van der Waals surface area (Å²) in [7, 11) is 0. The van der Waals surface area contributed by atoms with Crippen LogP contribution in [-0.4, -0.2) is 65.0 Å². The summed E-state index contributed by atoms with van der Waals surface area (Å²) >= 11 is 6.10. The second-order valence-corrected chi connectivity index (χ2v) is 8.46. The monoisotopic (exact) mass is 458 g/mol. The smallest absolute Gasteiger partial charge is 0.297 e. The van der Waals surface area contributed by atoms with Crippen molar-refractivity contribution in [1.29, 1.82) is 0 Å². The van der Waals surface area contributed by atoms with Gasteiger partial charge in [0.05, 0.1) is 11.1 Å². The third kappa shape index (κ3) is 4.94. The van der Waals surface area contributed by atoms with E-state index in [1.807, 2.05) is 18.2 Å². The number of hydrogen-bond acceptors (Lipinski definition) is 7. The van der Waals surface area contributed by atoms with E-state index in [1.165, 1.54) is 0 Å². The Morgan fingerprint density at radius 3 is 2.75 bits per heavy atom. The van der Waals surface area contributed by atoms with E-state index in [-0.39, 0.29) is 18.0 Å². The fraction of sp³-hybridized carbons (Fsp3) is 0.455. The molecular weight excluding hydrogens is 432 g/mol. The Kier molecular flexibility index (Phi) is 6.76. The molecule has 9 nitrogen and oxygen atoms in total. The number of aryl methyl sites for hydroxylation is 2. The van der Waals surface area contributed by atoms with E-state index in [2.05, 4.69) is 31.4 Å². The summed E-state index contributed by atoms with van der Waals surface area (Å²) < 4.78 is 6.24. The summed E-state index contributed by atoms with van der Waals surface area (Å²) in [5, 5.41) is 12.3. The molecule has 1 fully saturated rings. The van der Waals surface area contributed by atoms with Crippen molar-refractivity contribution in [1.82, 2.24) is 25.2 Å². The lowest BCUT2D eigenvalue weighted by Gasteiger charge is -2.36. The van der Waals surface area contributed by atoms with Crippen molar-refractivity contribution >= 4 is 34.1 Å². The number of halogens is 1. The lowest BCUT2D eigenvalue weighted by Crippen LogP contribution is -2.47. The third-order valence-electron chi connectivity index (χ3n) is 5.74. The van der Waals surface area contributed by atoms with Crippen molar-refractivity contribution in [2.45, 2.75) is 26.8 Å². The van der Waals surface area contributed by atoms with Gasteiger partial charge in [0.1, 0.15) is 12.3 Å². The van der Waals surface area contributed by atoms with Gasteiger partial charge in [-0.05, 0) is 45.0 Å². The lowest BCUT2D eigenvalue weighted by molar-refractivity contribution is -0.121. The molecule has 0 radical (unpaired) electrons. The number of carbonyl (C=O) groups is 1. The Morgan fingerprint density at radius 2 is 2.00 bits per heavy atom. The molecule has 0 aliphatic carbocycles. The highest BCUT2D eigenvalue weighted by atomic mass is 35.5. The first-order chi connectivity index (χ1) is 15.4. The third-order valence-corrected chi connectivity index (χ3v) is 5.98. The van der Waals surface area contributed by atoms with Gasteiger partial charge >= 0.3 is 0 Å². The Bertz CT molecular complexity index is 1170. The highest BCUT2D eigenvalue weighted by molar-refractivity contribution is 6.30. The Morgan fingerprint density at radius 1 is 1.22 bits per heavy atom. The Balaban J connectivity index is 1.20. The zero-order valence-corrected chi connectivity index (χ0v) is 19.1. The van der Waals surface area contributed by atoms with Crippen molar-refractivity contribution in [2.75, 3.05) is 44.2 Å². The number of carbonyl (C=O) groups excluding carboxylic acids is 1. The first-order valence-electron chi connectivity index (χ1n) is 10.8. The number of anilines is 1. The van der Waals surface area contributed by atoms with Gasteiger partial charge in [-0.25, -0.2) is 4.68 Å². The van der Waals surface area contributed by atoms with Crippen LogP contribution in [0.4, 0.5) is 5.69 Å². The molecule has 1 aliphatic heterocycles. The molecule has 1 aliphatic rings. The quantitative estimate of drug-likeness (QED) is 0.541. The fourth-order valence-corrected chi connectivity index (χ4v) is 4.26. The van der Waals surface area contributed by atoms with Gasteiger partial charge in [0.25, 0.3) is 5.56 Å². The van der Waals surface area contributed by atoms with E-state index in [9.17, 15) is 9.59 Å². The topological polar surface area (TPSA) is 96.5 Å². The van der Waals surface area contributed by atoms with Gasteiger partial charge in [-0.3, -0.25) is 14.5 Å². The summed E-state index contributed by atoms with van der Waals surface area (Å²) in [6.45, 7) is 8.66. The number of piperazine rings is 1. The van der Waals surface area contributed by atoms with Crippen LogP contribution in [0.3, 0.4) is 0 Å². The predicted octanol–water partition coefficient (Wildman–Crippen LogP) is 1.98. The van der Waals surface area contributed by atoms with Crippen LogP contribution in [0.2, 0.25) is 5.02 Å². The maximum absolute atomic E-state index is 12.5. The number of benzene rings is 1. The van der Waals surface area contributed by atoms with Crippen LogP contribution in [0.15, 0.2) is 33.6 Å². The molecule has 0 saturated carbocycles. The highest BCUT2D eigenvalue weighted by Crippen LogP contribution is 2.20. The molecule has 32 heavy (non-hydrogen) atoms. The molecule has 1 aromatic carbocycles. The molecule has 0 bridgehead atoms. The van der Waals surface area contributed by atoms with Crippen molar-refractivity contribution < 1.29 is 9.32 Å². The first-order valence-corrected chi connectivity index (χ1v) is 11.1. The predicted molar refractivity (Wildman–Crippen MR) is 123 cm³/mol. The first kappa shape index (κ1) is 22.3. The number of hydrogen-bond donors (Lipinski definition) is 1. The van der Waals surface area contributed by atoms with E-state index in [1.54, 1.807) is 13.8 Å². The number of nitrogens with zero attached hydrogens (tertiary/aromatic N) is 5. The molecule has 0 spiro atoms. The number of aromatic nitrogens is 3. The molecule has 1 N–H and O–H groups in total. The molecule has 10 heteroatoms. The van der Waals surface area contributed by atoms with Crippen molar-refractivity contribution in [2.24, 2.45) is 0 Å². The van der Waals surface area contributed by atoms with Crippen LogP contribution in [0.5, 0.6) is 0 Å². The van der Waals surface area contributed by atoms with Crippen LogP contribution < -0.4 is 15.8 Å². The highest BCUT2D eigenvalue weighted by Gasteiger charge is 2.18. The molecule has 2 aromatic heterocycles. The van der Waals surface area contributed by atoms with Crippen molar-refractivity contribution in [3.8, 4) is 0 Å². The van der Waals surface area contributed by atoms with Gasteiger partial charge < -0.3 is 14.7 Å². The maximum Gasteiger partial charge on any atom is 0.297 e. The van der Waals surface area contributed by atoms with Gasteiger partial charge in [0.2, 0.25) is 5.91 Å². The summed E-state index contributed by atoms with van der Waals surface area (Å²) in [4.78, 5) is 29.5. The standard InChI is InChI=1S/C22H27ClN6O3/c1-15-20-16(2)32-26-21(20)22(31)29(25-15)14-19(30)24-7-4-8-27-9-11-28(12-10-27)18-6-3-5-17(23)13-18/h3,5-6,13H,4,7-12,14H2,1-2H3,(H,24,30). The van der Waals surface area contributed by atoms with Gasteiger partial charge in [-0.15, -0.1) is 0 Å². The maximum atomic E-state index is 12.5. The number of rotatable bonds is 7. The van der Waals surface area contributed by atoms with Crippen LogP contribution in [0, 0.1) is 13.8 Å². The Labute approximate surface area is 190 Å². The van der Waals surface area contributed by atoms with E-state index >= 15 is 0 Å². The second kappa shape index (κ2) is 9.70. The number of nitrogens with one attached hydrogen (secondary N) is 1. The fourth-order valence-electron chi connectivity index (χ4n) is 4.08. The summed E-state index contributed by atoms with van der Waals surface area (Å²) in [6, 6.07) is 7.94. The molecule has 3 aromatic rings. The van der Waals surface area contributed by atoms with E-state index in [0.717, 1.165) is 54.5 Å². The molecule has 3 heterocycles. The summed E-state index contributed by atoms with van der Waals surface area (Å²) in [5.74, 6) is 0.302. The van der Waals surface area contributed by atoms with Crippen LogP contribution in [-0.2, 0) is 11.3 Å². The second-order valence-electron chi connectivity index (χ2n) is 8.02. The Hall–Kier alpha value is -2.91. The summed E-state index contributed by atoms with van der Waals surface area (Å²) in [6.07, 6.45) is 0.839. The molecule has 1 amide bonds. The molecule has 170 valence electrons. The normalized spacial score (nSPS) is 14.8. The van der Waals surface area contributed by atoms with Gasteiger partial charge in [-0.2, -0.15) is 5.10 Å². The molecule has 4 rings (SSSR count). The minimum absolute atomic E-state index is 0.139. The molecule has 0 atom stereocenters. The van der Waals surface area contributed by atoms with Gasteiger partial charge in [0.15, 0.2) is 5.52 Å². The largest absolute Gasteiger partial charge is 0.369 e. The molecular formula is C22H27ClN6O3. The minimum Gasteiger partial charge on any atom is -0.369 e. The van der Waals surface area contributed by atoms with E-state index in [4.69, 9.17) is 16.1 Å². The summed E-state index contributed by atoms with van der Waals surface area (Å²) in [5.41, 5.74) is 1.56. The zero-order chi connectivity index (χ0) is 22.7. The van der Waals surface area contributed by atoms with Crippen molar-refractivity contribution in [3.05, 3.63) is 51.1 Å². The van der Waals surface area contributed by atoms with Gasteiger partial charge in [-0.1, -0.05) is 22.8 Å². The average Bonchev–Trinajstić information content (AvgIpc) is 3.17. The van der Waals surface area contributed by atoms with E-state index < -0.39 is 5.56 Å². The van der Waals surface area contributed by atoms with Crippen LogP contribution >= 0.6 is 11.6 Å². The molecule has 0 unspecified atom stereocenters. The lowest BCUT2D eigenvalue weighted by atomic mass is 10.2. The molecule has 1 saturated heterocycles.